The number of hydrogen-bond acceptors (Lipinski definition) is 8. The Morgan fingerprint density at radius 1 is 1.11 bits per heavy atom. The maximum Gasteiger partial charge on any atom is 0.315 e. The minimum absolute atomic E-state index is 0.0202. The first kappa shape index (κ1) is 33.6. The Hall–Kier alpha value is -1.81. The van der Waals surface area contributed by atoms with Crippen LogP contribution in [0.25, 0.3) is 0 Å². The fraction of sp³-hybridized carbons (Fsp3) is 0.857. The Kier molecular flexibility index (Phi) is 9.73. The lowest BCUT2D eigenvalue weighted by atomic mass is 9.43. The summed E-state index contributed by atoms with van der Waals surface area (Å²) in [4.78, 5) is 39.8. The highest BCUT2D eigenvalue weighted by molar-refractivity contribution is 5.90. The minimum atomic E-state index is -1.38. The van der Waals surface area contributed by atoms with E-state index in [0.717, 1.165) is 56.8 Å². The number of unbranched alkanes of at least 4 members (excludes halogenated alkanes) is 4. The van der Waals surface area contributed by atoms with E-state index in [-0.39, 0.29) is 36.7 Å². The highest BCUT2D eigenvalue weighted by atomic mass is 16.7. The first-order valence-electron chi connectivity index (χ1n) is 17.0. The lowest BCUT2D eigenvalue weighted by molar-refractivity contribution is -0.309. The van der Waals surface area contributed by atoms with E-state index in [0.29, 0.717) is 18.8 Å². The van der Waals surface area contributed by atoms with Crippen LogP contribution < -0.4 is 0 Å². The monoisotopic (exact) mass is 618 g/mol. The van der Waals surface area contributed by atoms with E-state index >= 15 is 0 Å². The van der Waals surface area contributed by atoms with E-state index in [1.54, 1.807) is 6.92 Å². The SMILES string of the molecule is CCCCCCCC(=O)O[C@H]1C(O)[C@H](OCC23C[C@@H]4[C@H](C)CC[C@H]4C4(C=O)CC2C=C(C(C)C)C34C(=O)O)O[C@H](C)[C@H]1OC. The van der Waals surface area contributed by atoms with E-state index in [1.165, 1.54) is 7.11 Å². The number of aliphatic carboxylic acids is 1. The van der Waals surface area contributed by atoms with Crippen LogP contribution in [0.3, 0.4) is 0 Å². The molecular weight excluding hydrogens is 564 g/mol. The Labute approximate surface area is 262 Å². The molecule has 5 unspecified atom stereocenters. The summed E-state index contributed by atoms with van der Waals surface area (Å²) in [7, 11) is 1.50. The highest BCUT2D eigenvalue weighted by Crippen LogP contribution is 2.82. The Morgan fingerprint density at radius 2 is 1.84 bits per heavy atom. The number of esters is 1. The lowest BCUT2D eigenvalue weighted by Crippen LogP contribution is -2.64. The van der Waals surface area contributed by atoms with E-state index in [4.69, 9.17) is 18.9 Å². The summed E-state index contributed by atoms with van der Waals surface area (Å²) in [6.07, 6.45) is 6.65. The maximum absolute atomic E-state index is 13.7. The maximum atomic E-state index is 13.7. The number of carboxylic acids is 1. The fourth-order valence-corrected chi connectivity index (χ4v) is 10.5. The summed E-state index contributed by atoms with van der Waals surface area (Å²) in [5.41, 5.74) is -2.40. The van der Waals surface area contributed by atoms with Gasteiger partial charge in [-0.3, -0.25) is 9.59 Å². The summed E-state index contributed by atoms with van der Waals surface area (Å²) < 4.78 is 24.0. The normalized spacial score (nSPS) is 44.0. The molecule has 44 heavy (non-hydrogen) atoms. The van der Waals surface area contributed by atoms with Gasteiger partial charge in [0, 0.05) is 18.9 Å². The van der Waals surface area contributed by atoms with Crippen molar-refractivity contribution in [2.24, 2.45) is 45.8 Å². The van der Waals surface area contributed by atoms with Gasteiger partial charge in [0.15, 0.2) is 12.4 Å². The van der Waals surface area contributed by atoms with Crippen LogP contribution in [-0.2, 0) is 33.3 Å². The predicted molar refractivity (Wildman–Crippen MR) is 162 cm³/mol. The number of carboxylic acid groups (broad SMARTS) is 1. The third-order valence-corrected chi connectivity index (χ3v) is 12.4. The molecule has 5 aliphatic rings. The first-order chi connectivity index (χ1) is 20.9. The molecule has 0 aromatic carbocycles. The Morgan fingerprint density at radius 3 is 2.48 bits per heavy atom. The molecule has 4 fully saturated rings. The molecule has 248 valence electrons. The standard InChI is InChI=1S/C35H54O9/c1-7-8-9-10-11-12-27(37)44-30-28(38)31(43-22(5)29(30)41-6)42-19-34-17-24-21(4)13-14-25(24)33(18-36)16-23(34)15-26(20(2)3)35(33,34)32(39)40/h15,18,20-25,28-31,38H,7-14,16-17,19H2,1-6H3,(H,39,40)/t21-,22-,23?,24-,25-,28?,29-,30+,31-,33?,34?,35?/m1/s1. The molecule has 5 rings (SSSR count). The second kappa shape index (κ2) is 12.8. The molecule has 0 aromatic rings. The van der Waals surface area contributed by atoms with Crippen LogP contribution in [0.15, 0.2) is 11.6 Å². The molecule has 1 heterocycles. The molecule has 3 saturated carbocycles. The smallest absolute Gasteiger partial charge is 0.315 e. The molecule has 0 amide bonds. The van der Waals surface area contributed by atoms with Crippen molar-refractivity contribution in [2.45, 2.75) is 130 Å². The van der Waals surface area contributed by atoms with Gasteiger partial charge in [0.1, 0.15) is 23.9 Å². The first-order valence-corrected chi connectivity index (χ1v) is 17.0. The van der Waals surface area contributed by atoms with E-state index < -0.39 is 58.9 Å². The van der Waals surface area contributed by atoms with E-state index in [1.807, 2.05) is 13.8 Å². The van der Waals surface area contributed by atoms with Crippen LogP contribution in [0, 0.1) is 45.8 Å². The van der Waals surface area contributed by atoms with Crippen LogP contribution in [0.1, 0.15) is 98.8 Å². The summed E-state index contributed by atoms with van der Waals surface area (Å²) >= 11 is 0. The number of carbonyl (C=O) groups excluding carboxylic acids is 2. The number of aldehydes is 1. The Bertz CT molecular complexity index is 1120. The zero-order chi connectivity index (χ0) is 32.0. The molecule has 0 spiro atoms. The van der Waals surface area contributed by atoms with Crippen LogP contribution >= 0.6 is 0 Å². The molecule has 9 heteroatoms. The number of hydrogen-bond donors (Lipinski definition) is 2. The van der Waals surface area contributed by atoms with Crippen molar-refractivity contribution in [1.82, 2.24) is 0 Å². The molecule has 0 aromatic heterocycles. The molecule has 4 aliphatic carbocycles. The molecular formula is C35H54O9. The number of aliphatic hydroxyl groups excluding tert-OH is 1. The molecule has 0 radical (unpaired) electrons. The third kappa shape index (κ3) is 4.82. The largest absolute Gasteiger partial charge is 0.481 e. The molecule has 1 saturated heterocycles. The topological polar surface area (TPSA) is 129 Å². The van der Waals surface area contributed by atoms with Crippen LogP contribution in [-0.4, -0.2) is 72.9 Å². The number of fused-ring (bicyclic) bond motifs is 2. The van der Waals surface area contributed by atoms with Gasteiger partial charge in [-0.2, -0.15) is 0 Å². The van der Waals surface area contributed by atoms with Crippen molar-refractivity contribution in [2.75, 3.05) is 13.7 Å². The van der Waals surface area contributed by atoms with Crippen LogP contribution in [0.5, 0.6) is 0 Å². The van der Waals surface area contributed by atoms with Gasteiger partial charge in [0.2, 0.25) is 0 Å². The van der Waals surface area contributed by atoms with Crippen molar-refractivity contribution < 1.29 is 43.5 Å². The average molecular weight is 619 g/mol. The molecule has 9 nitrogen and oxygen atoms in total. The summed E-state index contributed by atoms with van der Waals surface area (Å²) in [6.45, 7) is 10.2. The van der Waals surface area contributed by atoms with Crippen molar-refractivity contribution in [3.63, 3.8) is 0 Å². The zero-order valence-electron chi connectivity index (χ0n) is 27.5. The minimum Gasteiger partial charge on any atom is -0.481 e. The van der Waals surface area contributed by atoms with Gasteiger partial charge >= 0.3 is 11.9 Å². The third-order valence-electron chi connectivity index (χ3n) is 12.4. The van der Waals surface area contributed by atoms with Gasteiger partial charge < -0.3 is 34.0 Å². The Balaban J connectivity index is 1.41. The van der Waals surface area contributed by atoms with E-state index in [9.17, 15) is 24.6 Å². The molecule has 2 N–H and O–H groups in total. The zero-order valence-corrected chi connectivity index (χ0v) is 27.5. The van der Waals surface area contributed by atoms with Gasteiger partial charge in [0.25, 0.3) is 0 Å². The van der Waals surface area contributed by atoms with Gasteiger partial charge in [-0.05, 0) is 62.2 Å². The van der Waals surface area contributed by atoms with Gasteiger partial charge in [-0.15, -0.1) is 0 Å². The molecule has 4 bridgehead atoms. The summed E-state index contributed by atoms with van der Waals surface area (Å²) in [6, 6.07) is 0. The van der Waals surface area contributed by atoms with Gasteiger partial charge in [-0.1, -0.05) is 71.4 Å². The van der Waals surface area contributed by atoms with Crippen molar-refractivity contribution in [3.8, 4) is 0 Å². The number of rotatable bonds is 14. The van der Waals surface area contributed by atoms with Crippen molar-refractivity contribution >= 4 is 18.2 Å². The number of aliphatic hydroxyl groups is 1. The van der Waals surface area contributed by atoms with Crippen LogP contribution in [0.4, 0.5) is 0 Å². The number of ether oxygens (including phenoxy) is 4. The predicted octanol–water partition coefficient (Wildman–Crippen LogP) is 5.32. The number of methoxy groups -OCH3 is 1. The summed E-state index contributed by atoms with van der Waals surface area (Å²) in [5, 5.41) is 22.7. The van der Waals surface area contributed by atoms with Crippen molar-refractivity contribution in [1.29, 1.82) is 0 Å². The van der Waals surface area contributed by atoms with Crippen molar-refractivity contribution in [3.05, 3.63) is 11.6 Å². The quantitative estimate of drug-likeness (QED) is 0.115. The average Bonchev–Trinajstić information content (AvgIpc) is 3.55. The lowest BCUT2D eigenvalue weighted by Gasteiger charge is -2.58. The molecule has 12 atom stereocenters. The van der Waals surface area contributed by atoms with Crippen LogP contribution in [0.2, 0.25) is 0 Å². The van der Waals surface area contributed by atoms with E-state index in [2.05, 4.69) is 19.9 Å². The molecule has 1 aliphatic heterocycles. The van der Waals surface area contributed by atoms with Gasteiger partial charge in [-0.25, -0.2) is 0 Å². The summed E-state index contributed by atoms with van der Waals surface area (Å²) in [5.74, 6) is -0.893. The number of allylic oxidation sites excluding steroid dienone is 1. The second-order valence-electron chi connectivity index (χ2n) is 14.8. The second-order valence-corrected chi connectivity index (χ2v) is 14.8. The fourth-order valence-electron chi connectivity index (χ4n) is 10.5. The highest BCUT2D eigenvalue weighted by Gasteiger charge is 2.84. The van der Waals surface area contributed by atoms with Gasteiger partial charge in [0.05, 0.1) is 18.1 Å². The number of carbonyl (C=O) groups is 3.